The van der Waals surface area contributed by atoms with Gasteiger partial charge >= 0.3 is 0 Å². The average molecular weight is 496 g/mol. The molecule has 1 heterocycles. The summed E-state index contributed by atoms with van der Waals surface area (Å²) in [6, 6.07) is 14.7. The van der Waals surface area contributed by atoms with Crippen LogP contribution in [-0.2, 0) is 21.2 Å². The topological polar surface area (TPSA) is 88.2 Å². The summed E-state index contributed by atoms with van der Waals surface area (Å²) in [5, 5.41) is 3.84. The number of hydrogen-bond donors (Lipinski definition) is 2. The van der Waals surface area contributed by atoms with Crippen molar-refractivity contribution < 1.29 is 13.2 Å². The SMILES string of the molecule is CSCCC(NS(=O)(=O)c1ccccc1)C(=O)Nc1ncc(Cc2cccc(Cl)c2)s1. The normalized spacial score (nSPS) is 12.5. The summed E-state index contributed by atoms with van der Waals surface area (Å²) < 4.78 is 27.9. The first-order valence-corrected chi connectivity index (χ1v) is 13.5. The van der Waals surface area contributed by atoms with Crippen molar-refractivity contribution in [2.24, 2.45) is 0 Å². The van der Waals surface area contributed by atoms with E-state index in [2.05, 4.69) is 15.0 Å². The molecular formula is C21H22ClN3O3S3. The number of anilines is 1. The van der Waals surface area contributed by atoms with Crippen LogP contribution in [0.25, 0.3) is 0 Å². The van der Waals surface area contributed by atoms with Crippen LogP contribution in [0, 0.1) is 0 Å². The number of halogens is 1. The summed E-state index contributed by atoms with van der Waals surface area (Å²) in [6.45, 7) is 0. The van der Waals surface area contributed by atoms with E-state index in [9.17, 15) is 13.2 Å². The van der Waals surface area contributed by atoms with Gasteiger partial charge in [-0.2, -0.15) is 16.5 Å². The van der Waals surface area contributed by atoms with Gasteiger partial charge in [-0.1, -0.05) is 41.9 Å². The Balaban J connectivity index is 1.69. The van der Waals surface area contributed by atoms with E-state index in [1.54, 1.807) is 36.2 Å². The maximum absolute atomic E-state index is 12.8. The highest BCUT2D eigenvalue weighted by atomic mass is 35.5. The Morgan fingerprint density at radius 2 is 1.97 bits per heavy atom. The van der Waals surface area contributed by atoms with Crippen LogP contribution in [0.1, 0.15) is 16.9 Å². The van der Waals surface area contributed by atoms with Gasteiger partial charge in [0.05, 0.1) is 4.90 Å². The lowest BCUT2D eigenvalue weighted by molar-refractivity contribution is -0.117. The Kier molecular flexibility index (Phi) is 8.50. The van der Waals surface area contributed by atoms with Gasteiger partial charge < -0.3 is 5.32 Å². The quantitative estimate of drug-likeness (QED) is 0.434. The zero-order chi connectivity index (χ0) is 22.3. The van der Waals surface area contributed by atoms with Gasteiger partial charge in [-0.25, -0.2) is 13.4 Å². The first-order chi connectivity index (χ1) is 14.9. The number of carbonyl (C=O) groups excluding carboxylic acids is 1. The minimum absolute atomic E-state index is 0.120. The van der Waals surface area contributed by atoms with Crippen LogP contribution in [0.4, 0.5) is 5.13 Å². The number of hydrogen-bond acceptors (Lipinski definition) is 6. The van der Waals surface area contributed by atoms with Gasteiger partial charge in [-0.3, -0.25) is 4.79 Å². The van der Waals surface area contributed by atoms with Crippen LogP contribution in [0.15, 0.2) is 65.7 Å². The third kappa shape index (κ3) is 7.05. The van der Waals surface area contributed by atoms with Gasteiger partial charge in [0.1, 0.15) is 6.04 Å². The van der Waals surface area contributed by atoms with Gasteiger partial charge in [-0.15, -0.1) is 11.3 Å². The van der Waals surface area contributed by atoms with E-state index < -0.39 is 22.0 Å². The lowest BCUT2D eigenvalue weighted by Gasteiger charge is -2.17. The molecule has 0 spiro atoms. The molecule has 0 fully saturated rings. The predicted molar refractivity (Wildman–Crippen MR) is 129 cm³/mol. The Hall–Kier alpha value is -1.91. The molecule has 0 saturated carbocycles. The Morgan fingerprint density at radius 1 is 1.19 bits per heavy atom. The maximum atomic E-state index is 12.8. The fraction of sp³-hybridized carbons (Fsp3) is 0.238. The van der Waals surface area contributed by atoms with Crippen molar-refractivity contribution in [2.45, 2.75) is 23.8 Å². The summed E-state index contributed by atoms with van der Waals surface area (Å²) in [7, 11) is -3.82. The molecule has 1 amide bonds. The van der Waals surface area contributed by atoms with Crippen LogP contribution < -0.4 is 10.0 Å². The second-order valence-electron chi connectivity index (χ2n) is 6.70. The minimum atomic E-state index is -3.82. The second kappa shape index (κ2) is 11.1. The van der Waals surface area contributed by atoms with Crippen molar-refractivity contribution in [3.8, 4) is 0 Å². The molecule has 1 aromatic heterocycles. The zero-order valence-electron chi connectivity index (χ0n) is 16.7. The monoisotopic (exact) mass is 495 g/mol. The highest BCUT2D eigenvalue weighted by Crippen LogP contribution is 2.23. The van der Waals surface area contributed by atoms with Crippen LogP contribution in [-0.4, -0.2) is 37.4 Å². The van der Waals surface area contributed by atoms with Crippen LogP contribution in [0.5, 0.6) is 0 Å². The number of amides is 1. The van der Waals surface area contributed by atoms with E-state index in [0.717, 1.165) is 10.4 Å². The molecule has 0 saturated heterocycles. The molecule has 3 rings (SSSR count). The van der Waals surface area contributed by atoms with Crippen molar-refractivity contribution in [2.75, 3.05) is 17.3 Å². The number of benzene rings is 2. The van der Waals surface area contributed by atoms with Crippen molar-refractivity contribution in [3.05, 3.63) is 76.3 Å². The summed E-state index contributed by atoms with van der Waals surface area (Å²) in [6.07, 6.45) is 4.61. The summed E-state index contributed by atoms with van der Waals surface area (Å²) in [5.74, 6) is 0.199. The van der Waals surface area contributed by atoms with Crippen LogP contribution in [0.3, 0.4) is 0 Å². The molecule has 3 aromatic rings. The fourth-order valence-electron chi connectivity index (χ4n) is 2.82. The average Bonchev–Trinajstić information content (AvgIpc) is 3.18. The number of carbonyl (C=O) groups is 1. The van der Waals surface area contributed by atoms with E-state index in [1.165, 1.54) is 23.5 Å². The fourth-order valence-corrected chi connectivity index (χ4v) is 5.61. The third-order valence-corrected chi connectivity index (χ3v) is 7.61. The van der Waals surface area contributed by atoms with Gasteiger partial charge in [-0.05, 0) is 48.3 Å². The highest BCUT2D eigenvalue weighted by Gasteiger charge is 2.26. The Labute approximate surface area is 195 Å². The highest BCUT2D eigenvalue weighted by molar-refractivity contribution is 7.98. The summed E-state index contributed by atoms with van der Waals surface area (Å²) in [4.78, 5) is 18.2. The van der Waals surface area contributed by atoms with E-state index >= 15 is 0 Å². The van der Waals surface area contributed by atoms with E-state index in [0.29, 0.717) is 28.7 Å². The molecule has 0 bridgehead atoms. The van der Waals surface area contributed by atoms with Crippen molar-refractivity contribution in [1.82, 2.24) is 9.71 Å². The van der Waals surface area contributed by atoms with Gasteiger partial charge in [0, 0.05) is 22.5 Å². The molecule has 0 aliphatic heterocycles. The number of nitrogens with one attached hydrogen (secondary N) is 2. The molecule has 2 aromatic carbocycles. The molecule has 1 atom stereocenters. The molecule has 0 aliphatic carbocycles. The largest absolute Gasteiger partial charge is 0.301 e. The van der Waals surface area contributed by atoms with E-state index in [-0.39, 0.29) is 4.90 Å². The smallest absolute Gasteiger partial charge is 0.244 e. The molecular weight excluding hydrogens is 474 g/mol. The molecule has 10 heteroatoms. The van der Waals surface area contributed by atoms with Crippen molar-refractivity contribution in [1.29, 1.82) is 0 Å². The number of thioether (sulfide) groups is 1. The summed E-state index contributed by atoms with van der Waals surface area (Å²) in [5.41, 5.74) is 1.04. The molecule has 0 radical (unpaired) electrons. The van der Waals surface area contributed by atoms with Crippen molar-refractivity contribution in [3.63, 3.8) is 0 Å². The zero-order valence-corrected chi connectivity index (χ0v) is 20.0. The number of aromatic nitrogens is 1. The Morgan fingerprint density at radius 3 is 2.68 bits per heavy atom. The Bertz CT molecular complexity index is 1120. The van der Waals surface area contributed by atoms with E-state index in [1.807, 2.05) is 30.5 Å². The molecule has 6 nitrogen and oxygen atoms in total. The standard InChI is InChI=1S/C21H22ClN3O3S3/c1-29-11-10-19(25-31(27,28)18-8-3-2-4-9-18)20(26)24-21-23-14-17(30-21)13-15-6-5-7-16(22)12-15/h2-9,12,14,19,25H,10-11,13H2,1H3,(H,23,24,26). The van der Waals surface area contributed by atoms with Gasteiger partial charge in [0.25, 0.3) is 0 Å². The maximum Gasteiger partial charge on any atom is 0.244 e. The van der Waals surface area contributed by atoms with Gasteiger partial charge in [0.2, 0.25) is 15.9 Å². The van der Waals surface area contributed by atoms with Gasteiger partial charge in [0.15, 0.2) is 5.13 Å². The first-order valence-electron chi connectivity index (χ1n) is 9.44. The lowest BCUT2D eigenvalue weighted by Crippen LogP contribution is -2.44. The second-order valence-corrected chi connectivity index (χ2v) is 10.9. The minimum Gasteiger partial charge on any atom is -0.301 e. The first kappa shape index (κ1) is 23.7. The summed E-state index contributed by atoms with van der Waals surface area (Å²) >= 11 is 8.92. The number of thiazole rings is 1. The predicted octanol–water partition coefficient (Wildman–Crippen LogP) is 4.43. The number of sulfonamides is 1. The van der Waals surface area contributed by atoms with Crippen molar-refractivity contribution >= 4 is 55.8 Å². The van der Waals surface area contributed by atoms with Crippen LogP contribution >= 0.6 is 34.7 Å². The number of rotatable bonds is 10. The molecule has 164 valence electrons. The molecule has 2 N–H and O–H groups in total. The number of nitrogens with zero attached hydrogens (tertiary/aromatic N) is 1. The van der Waals surface area contributed by atoms with E-state index in [4.69, 9.17) is 11.6 Å². The lowest BCUT2D eigenvalue weighted by atomic mass is 10.1. The third-order valence-electron chi connectivity index (χ3n) is 4.33. The molecule has 0 aliphatic rings. The molecule has 1 unspecified atom stereocenters. The van der Waals surface area contributed by atoms with Crippen LogP contribution in [0.2, 0.25) is 5.02 Å². The molecule has 31 heavy (non-hydrogen) atoms.